The SMILES string of the molecule is CC1CSCCN1c1c(F)cc(CCl)cc1F. The number of alkyl halides is 1. The lowest BCUT2D eigenvalue weighted by Gasteiger charge is -2.35. The number of benzene rings is 1. The Labute approximate surface area is 109 Å². The second-order valence-electron chi connectivity index (χ2n) is 4.16. The summed E-state index contributed by atoms with van der Waals surface area (Å²) in [4.78, 5) is 1.80. The highest BCUT2D eigenvalue weighted by molar-refractivity contribution is 7.99. The number of rotatable bonds is 2. The quantitative estimate of drug-likeness (QED) is 0.759. The summed E-state index contributed by atoms with van der Waals surface area (Å²) < 4.78 is 27.8. The first-order valence-corrected chi connectivity index (χ1v) is 7.20. The summed E-state index contributed by atoms with van der Waals surface area (Å²) in [5, 5.41) is 0. The van der Waals surface area contributed by atoms with Gasteiger partial charge in [-0.25, -0.2) is 8.78 Å². The molecule has 1 aliphatic heterocycles. The van der Waals surface area contributed by atoms with Crippen LogP contribution in [-0.2, 0) is 5.88 Å². The maximum Gasteiger partial charge on any atom is 0.149 e. The number of hydrogen-bond acceptors (Lipinski definition) is 2. The minimum absolute atomic E-state index is 0.0895. The molecule has 1 aromatic rings. The fourth-order valence-corrected chi connectivity index (χ4v) is 3.20. The van der Waals surface area contributed by atoms with Gasteiger partial charge < -0.3 is 4.90 Å². The van der Waals surface area contributed by atoms with Gasteiger partial charge in [0.05, 0.1) is 0 Å². The monoisotopic (exact) mass is 277 g/mol. The lowest BCUT2D eigenvalue weighted by molar-refractivity contribution is 0.556. The molecule has 1 fully saturated rings. The van der Waals surface area contributed by atoms with Crippen molar-refractivity contribution in [2.24, 2.45) is 0 Å². The third kappa shape index (κ3) is 2.68. The molecule has 0 saturated carbocycles. The van der Waals surface area contributed by atoms with Gasteiger partial charge in [-0.3, -0.25) is 0 Å². The molecule has 0 spiro atoms. The van der Waals surface area contributed by atoms with Crippen LogP contribution in [0.5, 0.6) is 0 Å². The normalized spacial score (nSPS) is 20.7. The molecule has 1 aliphatic rings. The van der Waals surface area contributed by atoms with E-state index >= 15 is 0 Å². The Morgan fingerprint density at radius 3 is 2.59 bits per heavy atom. The summed E-state index contributed by atoms with van der Waals surface area (Å²) in [5.74, 6) is 0.898. The highest BCUT2D eigenvalue weighted by Gasteiger charge is 2.24. The van der Waals surface area contributed by atoms with Gasteiger partial charge in [0.25, 0.3) is 0 Å². The van der Waals surface area contributed by atoms with E-state index in [0.29, 0.717) is 12.1 Å². The van der Waals surface area contributed by atoms with Crippen LogP contribution in [0.15, 0.2) is 12.1 Å². The highest BCUT2D eigenvalue weighted by atomic mass is 35.5. The summed E-state index contributed by atoms with van der Waals surface area (Å²) in [6, 6.07) is 2.79. The number of hydrogen-bond donors (Lipinski definition) is 0. The molecule has 0 amide bonds. The highest BCUT2D eigenvalue weighted by Crippen LogP contribution is 2.30. The van der Waals surface area contributed by atoms with Crippen molar-refractivity contribution < 1.29 is 8.78 Å². The molecule has 1 saturated heterocycles. The molecule has 2 rings (SSSR count). The predicted molar refractivity (Wildman–Crippen MR) is 70.0 cm³/mol. The van der Waals surface area contributed by atoms with E-state index in [2.05, 4.69) is 0 Å². The first kappa shape index (κ1) is 13.0. The van der Waals surface area contributed by atoms with E-state index in [0.717, 1.165) is 11.5 Å². The van der Waals surface area contributed by atoms with Gasteiger partial charge in [0, 0.05) is 30.0 Å². The van der Waals surface area contributed by atoms with Crippen molar-refractivity contribution in [3.05, 3.63) is 29.3 Å². The fourth-order valence-electron chi connectivity index (χ4n) is 2.03. The van der Waals surface area contributed by atoms with Crippen LogP contribution < -0.4 is 4.90 Å². The number of thioether (sulfide) groups is 1. The van der Waals surface area contributed by atoms with Crippen LogP contribution in [-0.4, -0.2) is 24.1 Å². The molecule has 1 aromatic carbocycles. The molecule has 0 aromatic heterocycles. The summed E-state index contributed by atoms with van der Waals surface area (Å²) in [5.41, 5.74) is 0.566. The van der Waals surface area contributed by atoms with E-state index in [-0.39, 0.29) is 17.6 Å². The van der Waals surface area contributed by atoms with Gasteiger partial charge in [0.15, 0.2) is 0 Å². The van der Waals surface area contributed by atoms with Crippen molar-refractivity contribution in [3.8, 4) is 0 Å². The van der Waals surface area contributed by atoms with E-state index < -0.39 is 11.6 Å². The molecule has 0 N–H and O–H groups in total. The average Bonchev–Trinajstić information content (AvgIpc) is 2.30. The molecule has 0 bridgehead atoms. The number of anilines is 1. The molecule has 1 nitrogen and oxygen atoms in total. The Bertz CT molecular complexity index is 390. The predicted octanol–water partition coefficient (Wildman–Crippen LogP) is 3.65. The third-order valence-electron chi connectivity index (χ3n) is 2.89. The Hall–Kier alpha value is -0.480. The van der Waals surface area contributed by atoms with E-state index in [4.69, 9.17) is 11.6 Å². The van der Waals surface area contributed by atoms with Gasteiger partial charge in [0.2, 0.25) is 0 Å². The minimum atomic E-state index is -0.514. The number of nitrogens with zero attached hydrogens (tertiary/aromatic N) is 1. The van der Waals surface area contributed by atoms with Crippen LogP contribution in [0.4, 0.5) is 14.5 Å². The average molecular weight is 278 g/mol. The van der Waals surface area contributed by atoms with Gasteiger partial charge in [0.1, 0.15) is 17.3 Å². The van der Waals surface area contributed by atoms with Crippen LogP contribution in [0, 0.1) is 11.6 Å². The fraction of sp³-hybridized carbons (Fsp3) is 0.500. The zero-order chi connectivity index (χ0) is 12.4. The molecule has 1 heterocycles. The lowest BCUT2D eigenvalue weighted by atomic mass is 10.1. The second kappa shape index (κ2) is 5.44. The molecule has 0 aliphatic carbocycles. The molecule has 5 heteroatoms. The van der Waals surface area contributed by atoms with Crippen molar-refractivity contribution in [1.29, 1.82) is 0 Å². The van der Waals surface area contributed by atoms with Crippen molar-refractivity contribution in [2.75, 3.05) is 23.0 Å². The first-order valence-electron chi connectivity index (χ1n) is 5.51. The summed E-state index contributed by atoms with van der Waals surface area (Å²) in [6.45, 7) is 2.67. The van der Waals surface area contributed by atoms with Crippen LogP contribution in [0.3, 0.4) is 0 Å². The Balaban J connectivity index is 2.37. The smallest absolute Gasteiger partial charge is 0.149 e. The van der Waals surface area contributed by atoms with Gasteiger partial charge in [-0.2, -0.15) is 11.8 Å². The second-order valence-corrected chi connectivity index (χ2v) is 5.58. The van der Waals surface area contributed by atoms with E-state index in [1.807, 2.05) is 18.7 Å². The third-order valence-corrected chi connectivity index (χ3v) is 4.38. The van der Waals surface area contributed by atoms with Gasteiger partial charge >= 0.3 is 0 Å². The largest absolute Gasteiger partial charge is 0.362 e. The van der Waals surface area contributed by atoms with Gasteiger partial charge in [-0.15, -0.1) is 11.6 Å². The van der Waals surface area contributed by atoms with Crippen LogP contribution in [0.2, 0.25) is 0 Å². The Morgan fingerprint density at radius 2 is 2.06 bits per heavy atom. The van der Waals surface area contributed by atoms with E-state index in [9.17, 15) is 8.78 Å². The van der Waals surface area contributed by atoms with E-state index in [1.165, 1.54) is 12.1 Å². The zero-order valence-corrected chi connectivity index (χ0v) is 11.1. The standard InChI is InChI=1S/C12H14ClF2NS/c1-8-7-17-3-2-16(8)12-10(14)4-9(6-13)5-11(12)15/h4-5,8H,2-3,6-7H2,1H3. The van der Waals surface area contributed by atoms with Crippen molar-refractivity contribution in [2.45, 2.75) is 18.8 Å². The number of halogens is 3. The van der Waals surface area contributed by atoms with Crippen LogP contribution in [0.25, 0.3) is 0 Å². The molecule has 0 radical (unpaired) electrons. The van der Waals surface area contributed by atoms with Crippen molar-refractivity contribution in [1.82, 2.24) is 0 Å². The Kier molecular flexibility index (Phi) is 4.15. The maximum atomic E-state index is 13.9. The van der Waals surface area contributed by atoms with Crippen molar-refractivity contribution in [3.63, 3.8) is 0 Å². The lowest BCUT2D eigenvalue weighted by Crippen LogP contribution is -2.41. The molecule has 1 atom stereocenters. The van der Waals surface area contributed by atoms with Crippen LogP contribution in [0.1, 0.15) is 12.5 Å². The minimum Gasteiger partial charge on any atom is -0.362 e. The summed E-state index contributed by atoms with van der Waals surface area (Å²) in [7, 11) is 0. The topological polar surface area (TPSA) is 3.24 Å². The van der Waals surface area contributed by atoms with Crippen molar-refractivity contribution >= 4 is 29.1 Å². The van der Waals surface area contributed by atoms with Gasteiger partial charge in [-0.1, -0.05) is 0 Å². The summed E-state index contributed by atoms with van der Waals surface area (Å²) in [6.07, 6.45) is 0. The van der Waals surface area contributed by atoms with E-state index in [1.54, 1.807) is 4.90 Å². The summed E-state index contributed by atoms with van der Waals surface area (Å²) >= 11 is 7.40. The molecule has 1 unspecified atom stereocenters. The molecular formula is C12H14ClF2NS. The van der Waals surface area contributed by atoms with Gasteiger partial charge in [-0.05, 0) is 24.6 Å². The molecule has 17 heavy (non-hydrogen) atoms. The molecular weight excluding hydrogens is 264 g/mol. The maximum absolute atomic E-state index is 13.9. The Morgan fingerprint density at radius 1 is 1.41 bits per heavy atom. The zero-order valence-electron chi connectivity index (χ0n) is 9.55. The molecule has 94 valence electrons. The first-order chi connectivity index (χ1) is 8.13. The van der Waals surface area contributed by atoms with Crippen LogP contribution >= 0.6 is 23.4 Å².